The van der Waals surface area contributed by atoms with Crippen LogP contribution < -0.4 is 10.1 Å². The van der Waals surface area contributed by atoms with Gasteiger partial charge in [-0.2, -0.15) is 10.1 Å². The summed E-state index contributed by atoms with van der Waals surface area (Å²) in [4.78, 5) is 19.2. The molecule has 5 rings (SSSR count). The van der Waals surface area contributed by atoms with Gasteiger partial charge < -0.3 is 19.7 Å². The molecule has 1 N–H and O–H groups in total. The van der Waals surface area contributed by atoms with Crippen molar-refractivity contribution in [2.75, 3.05) is 25.5 Å². The fraction of sp³-hybridized carbons (Fsp3) is 0.381. The van der Waals surface area contributed by atoms with Crippen LogP contribution in [0.3, 0.4) is 0 Å². The van der Waals surface area contributed by atoms with Crippen molar-refractivity contribution in [2.45, 2.75) is 31.6 Å². The largest absolute Gasteiger partial charge is 0.472 e. The highest BCUT2D eigenvalue weighted by Crippen LogP contribution is 2.30. The Hall–Kier alpha value is -3.20. The number of halogens is 1. The first-order chi connectivity index (χ1) is 14.5. The van der Waals surface area contributed by atoms with Gasteiger partial charge in [-0.15, -0.1) is 0 Å². The molecule has 0 radical (unpaired) electrons. The molecule has 9 heteroatoms. The Balaban J connectivity index is 1.61. The Kier molecular flexibility index (Phi) is 4.54. The molecule has 3 atom stereocenters. The number of hydrogen-bond acceptors (Lipinski definition) is 6. The molecule has 2 aliphatic rings. The van der Waals surface area contributed by atoms with Crippen LogP contribution in [0.4, 0.5) is 10.1 Å². The number of nitrogens with one attached hydrogen (secondary N) is 1. The molecule has 0 aliphatic carbocycles. The molecule has 0 spiro atoms. The van der Waals surface area contributed by atoms with E-state index >= 15 is 0 Å². The molecule has 1 aromatic carbocycles. The van der Waals surface area contributed by atoms with Gasteiger partial charge in [-0.25, -0.2) is 8.91 Å². The zero-order chi connectivity index (χ0) is 20.8. The van der Waals surface area contributed by atoms with Gasteiger partial charge in [0.2, 0.25) is 5.88 Å². The maximum absolute atomic E-state index is 14.3. The predicted molar refractivity (Wildman–Crippen MR) is 108 cm³/mol. The molecule has 1 saturated heterocycles. The van der Waals surface area contributed by atoms with Crippen molar-refractivity contribution in [1.82, 2.24) is 19.5 Å². The number of benzene rings is 1. The Morgan fingerprint density at radius 3 is 3.03 bits per heavy atom. The van der Waals surface area contributed by atoms with E-state index in [1.807, 2.05) is 13.0 Å². The van der Waals surface area contributed by atoms with Crippen molar-refractivity contribution in [3.63, 3.8) is 0 Å². The Bertz CT molecular complexity index is 1120. The monoisotopic (exact) mass is 411 g/mol. The zero-order valence-corrected chi connectivity index (χ0v) is 16.7. The number of aromatic nitrogens is 3. The van der Waals surface area contributed by atoms with E-state index < -0.39 is 6.10 Å². The van der Waals surface area contributed by atoms with E-state index in [-0.39, 0.29) is 23.9 Å². The minimum atomic E-state index is -0.491. The zero-order valence-electron chi connectivity index (χ0n) is 16.7. The summed E-state index contributed by atoms with van der Waals surface area (Å²) in [5, 5.41) is 7.55. The van der Waals surface area contributed by atoms with Crippen molar-refractivity contribution in [2.24, 2.45) is 0 Å². The van der Waals surface area contributed by atoms with Crippen LogP contribution in [-0.2, 0) is 9.53 Å². The smallest absolute Gasteiger partial charge is 0.252 e. The van der Waals surface area contributed by atoms with Gasteiger partial charge in [-0.05, 0) is 30.7 Å². The van der Waals surface area contributed by atoms with E-state index in [1.54, 1.807) is 35.0 Å². The highest BCUT2D eigenvalue weighted by molar-refractivity contribution is 5.84. The predicted octanol–water partition coefficient (Wildman–Crippen LogP) is 2.34. The maximum Gasteiger partial charge on any atom is 0.252 e. The van der Waals surface area contributed by atoms with Gasteiger partial charge in [0.1, 0.15) is 18.0 Å². The number of fused-ring (bicyclic) bond motifs is 5. The van der Waals surface area contributed by atoms with Gasteiger partial charge in [0, 0.05) is 50.1 Å². The van der Waals surface area contributed by atoms with Crippen molar-refractivity contribution in [1.29, 1.82) is 0 Å². The summed E-state index contributed by atoms with van der Waals surface area (Å²) in [5.41, 5.74) is 2.58. The van der Waals surface area contributed by atoms with Gasteiger partial charge in [-0.3, -0.25) is 4.79 Å². The van der Waals surface area contributed by atoms with Crippen LogP contribution in [0.1, 0.15) is 13.3 Å². The highest BCUT2D eigenvalue weighted by Gasteiger charge is 2.43. The number of hydrogen-bond donors (Lipinski definition) is 1. The lowest BCUT2D eigenvalue weighted by atomic mass is 10.1. The van der Waals surface area contributed by atoms with E-state index in [2.05, 4.69) is 15.4 Å². The van der Waals surface area contributed by atoms with Gasteiger partial charge in [0.15, 0.2) is 5.65 Å². The summed E-state index contributed by atoms with van der Waals surface area (Å²) in [6, 6.07) is 6.32. The third-order valence-electron chi connectivity index (χ3n) is 5.78. The van der Waals surface area contributed by atoms with Crippen molar-refractivity contribution >= 4 is 17.2 Å². The molecule has 2 aromatic heterocycles. The first kappa shape index (κ1) is 18.8. The average Bonchev–Trinajstić information content (AvgIpc) is 3.28. The van der Waals surface area contributed by atoms with Crippen LogP contribution in [0.25, 0.3) is 16.8 Å². The van der Waals surface area contributed by atoms with Gasteiger partial charge in [0.25, 0.3) is 5.91 Å². The molecular weight excluding hydrogens is 389 g/mol. The Morgan fingerprint density at radius 1 is 1.33 bits per heavy atom. The summed E-state index contributed by atoms with van der Waals surface area (Å²) in [6.07, 6.45) is 3.19. The fourth-order valence-corrected chi connectivity index (χ4v) is 4.27. The lowest BCUT2D eigenvalue weighted by molar-refractivity contribution is -0.137. The third kappa shape index (κ3) is 3.15. The normalized spacial score (nSPS) is 23.8. The highest BCUT2D eigenvalue weighted by atomic mass is 19.1. The summed E-state index contributed by atoms with van der Waals surface area (Å²) in [6.45, 7) is 2.86. The number of carbonyl (C=O) groups is 1. The number of ether oxygens (including phenoxy) is 2. The third-order valence-corrected chi connectivity index (χ3v) is 5.78. The quantitative estimate of drug-likeness (QED) is 0.662. The van der Waals surface area contributed by atoms with Gasteiger partial charge in [-0.1, -0.05) is 0 Å². The SMILES string of the molecule is CO[C@@H]1C[C@H]2C(C)Oc3ccn4ncc(c4n3)-c3cc(F)cc(c3)NCCN2C1=O. The molecule has 3 aromatic rings. The number of carbonyl (C=O) groups excluding carboxylic acids is 1. The van der Waals surface area contributed by atoms with E-state index in [9.17, 15) is 9.18 Å². The molecule has 4 bridgehead atoms. The van der Waals surface area contributed by atoms with Crippen molar-refractivity contribution in [3.05, 3.63) is 42.5 Å². The molecule has 1 amide bonds. The topological polar surface area (TPSA) is 81.0 Å². The summed E-state index contributed by atoms with van der Waals surface area (Å²) < 4.78 is 27.4. The molecule has 30 heavy (non-hydrogen) atoms. The molecule has 1 fully saturated rings. The standard InChI is InChI=1S/C21H22FN5O3/c1-12-17-10-18(29-2)21(28)26(17)6-4-23-15-8-13(7-14(22)9-15)16-11-24-27-5-3-19(30-12)25-20(16)27/h3,5,7-9,11-12,17-18,23H,4,6,10H2,1-2H3/t12?,17-,18+/m0/s1. The van der Waals surface area contributed by atoms with Crippen LogP contribution in [-0.4, -0.2) is 63.9 Å². The number of amides is 1. The van der Waals surface area contributed by atoms with Crippen LogP contribution in [0.5, 0.6) is 5.88 Å². The number of anilines is 1. The van der Waals surface area contributed by atoms with Gasteiger partial charge in [0.05, 0.1) is 12.2 Å². The second-order valence-electron chi connectivity index (χ2n) is 7.63. The second kappa shape index (κ2) is 7.24. The van der Waals surface area contributed by atoms with Crippen LogP contribution in [0.15, 0.2) is 36.7 Å². The molecular formula is C21H22FN5O3. The van der Waals surface area contributed by atoms with Crippen molar-refractivity contribution < 1.29 is 18.7 Å². The van der Waals surface area contributed by atoms with Crippen LogP contribution in [0.2, 0.25) is 0 Å². The number of nitrogens with zero attached hydrogens (tertiary/aromatic N) is 4. The summed E-state index contributed by atoms with van der Waals surface area (Å²) in [7, 11) is 1.54. The lowest BCUT2D eigenvalue weighted by Crippen LogP contribution is -2.44. The molecule has 2 aliphatic heterocycles. The molecule has 4 heterocycles. The minimum Gasteiger partial charge on any atom is -0.472 e. The van der Waals surface area contributed by atoms with Crippen LogP contribution in [0, 0.1) is 5.82 Å². The average molecular weight is 411 g/mol. The Labute approximate surface area is 172 Å². The van der Waals surface area contributed by atoms with E-state index in [4.69, 9.17) is 9.47 Å². The maximum atomic E-state index is 14.3. The van der Waals surface area contributed by atoms with Crippen molar-refractivity contribution in [3.8, 4) is 17.0 Å². The summed E-state index contributed by atoms with van der Waals surface area (Å²) >= 11 is 0. The van der Waals surface area contributed by atoms with E-state index in [0.29, 0.717) is 47.9 Å². The first-order valence-electron chi connectivity index (χ1n) is 9.92. The van der Waals surface area contributed by atoms with E-state index in [0.717, 1.165) is 0 Å². The van der Waals surface area contributed by atoms with E-state index in [1.165, 1.54) is 12.1 Å². The first-order valence-corrected chi connectivity index (χ1v) is 9.92. The molecule has 8 nitrogen and oxygen atoms in total. The van der Waals surface area contributed by atoms with Crippen LogP contribution >= 0.6 is 0 Å². The minimum absolute atomic E-state index is 0.0618. The molecule has 0 saturated carbocycles. The number of methoxy groups -OCH3 is 1. The molecule has 156 valence electrons. The Morgan fingerprint density at radius 2 is 2.20 bits per heavy atom. The molecule has 1 unspecified atom stereocenters. The fourth-order valence-electron chi connectivity index (χ4n) is 4.27. The van der Waals surface area contributed by atoms with Gasteiger partial charge >= 0.3 is 0 Å². The summed E-state index contributed by atoms with van der Waals surface area (Å²) in [5.74, 6) is 0.00198. The lowest BCUT2D eigenvalue weighted by Gasteiger charge is -2.29. The second-order valence-corrected chi connectivity index (χ2v) is 7.63. The number of rotatable bonds is 1.